The van der Waals surface area contributed by atoms with Gasteiger partial charge in [-0.1, -0.05) is 0 Å². The number of Topliss-reactive ketones (excluding diaryl/α,β-unsaturated/α-hetero) is 1. The predicted octanol–water partition coefficient (Wildman–Crippen LogP) is -0.625. The van der Waals surface area contributed by atoms with E-state index >= 15 is 0 Å². The number of hydrogen-bond acceptors (Lipinski definition) is 4. The van der Waals surface area contributed by atoms with Crippen LogP contribution in [0.5, 0.6) is 0 Å². The number of hydrogen-bond donors (Lipinski definition) is 0. The van der Waals surface area contributed by atoms with E-state index in [-0.39, 0.29) is 19.0 Å². The van der Waals surface area contributed by atoms with Crippen LogP contribution in [0, 0.1) is 5.92 Å². The average Bonchev–Trinajstić information content (AvgIpc) is 2.34. The molecule has 1 aliphatic heterocycles. The SMILES string of the molecule is COC(=O)[C@@H]1COCC1=O. The van der Waals surface area contributed by atoms with E-state index in [4.69, 9.17) is 4.74 Å². The van der Waals surface area contributed by atoms with Crippen molar-refractivity contribution < 1.29 is 19.1 Å². The highest BCUT2D eigenvalue weighted by molar-refractivity contribution is 6.00. The first-order valence-corrected chi connectivity index (χ1v) is 2.94. The van der Waals surface area contributed by atoms with Crippen LogP contribution in [0.1, 0.15) is 0 Å². The molecule has 1 atom stereocenters. The van der Waals surface area contributed by atoms with Gasteiger partial charge >= 0.3 is 5.97 Å². The molecule has 10 heavy (non-hydrogen) atoms. The zero-order chi connectivity index (χ0) is 7.56. The molecule has 0 unspecified atom stereocenters. The Kier molecular flexibility index (Phi) is 2.01. The van der Waals surface area contributed by atoms with Crippen LogP contribution in [0.4, 0.5) is 0 Å². The van der Waals surface area contributed by atoms with Crippen LogP contribution in [0.25, 0.3) is 0 Å². The number of esters is 1. The third kappa shape index (κ3) is 1.16. The fourth-order valence-corrected chi connectivity index (χ4v) is 0.813. The van der Waals surface area contributed by atoms with Crippen LogP contribution in [-0.2, 0) is 19.1 Å². The van der Waals surface area contributed by atoms with E-state index < -0.39 is 11.9 Å². The molecule has 0 aromatic carbocycles. The van der Waals surface area contributed by atoms with Gasteiger partial charge in [0.15, 0.2) is 5.78 Å². The molecule has 0 aromatic heterocycles. The second-order valence-corrected chi connectivity index (χ2v) is 2.06. The third-order valence-electron chi connectivity index (χ3n) is 1.40. The van der Waals surface area contributed by atoms with Crippen molar-refractivity contribution in [3.8, 4) is 0 Å². The second-order valence-electron chi connectivity index (χ2n) is 2.06. The van der Waals surface area contributed by atoms with Gasteiger partial charge in [0.1, 0.15) is 12.5 Å². The van der Waals surface area contributed by atoms with E-state index in [0.717, 1.165) is 0 Å². The molecule has 0 saturated carbocycles. The predicted molar refractivity (Wildman–Crippen MR) is 31.3 cm³/mol. The second kappa shape index (κ2) is 2.79. The van der Waals surface area contributed by atoms with Crippen molar-refractivity contribution in [3.05, 3.63) is 0 Å². The molecular formula is C6H8O4. The van der Waals surface area contributed by atoms with Gasteiger partial charge in [-0.25, -0.2) is 0 Å². The summed E-state index contributed by atoms with van der Waals surface area (Å²) in [4.78, 5) is 21.5. The smallest absolute Gasteiger partial charge is 0.318 e. The van der Waals surface area contributed by atoms with Crippen molar-refractivity contribution in [1.29, 1.82) is 0 Å². The maximum absolute atomic E-state index is 10.7. The fourth-order valence-electron chi connectivity index (χ4n) is 0.813. The molecule has 56 valence electrons. The summed E-state index contributed by atoms with van der Waals surface area (Å²) in [7, 11) is 1.26. The molecule has 0 bridgehead atoms. The molecule has 4 nitrogen and oxygen atoms in total. The minimum Gasteiger partial charge on any atom is -0.468 e. The Morgan fingerprint density at radius 1 is 1.80 bits per heavy atom. The summed E-state index contributed by atoms with van der Waals surface area (Å²) in [5.74, 6) is -1.36. The van der Waals surface area contributed by atoms with Crippen molar-refractivity contribution in [2.75, 3.05) is 20.3 Å². The highest BCUT2D eigenvalue weighted by atomic mass is 16.5. The molecule has 0 radical (unpaired) electrons. The Bertz CT molecular complexity index is 163. The number of carbonyl (C=O) groups is 2. The Morgan fingerprint density at radius 3 is 2.90 bits per heavy atom. The lowest BCUT2D eigenvalue weighted by Gasteiger charge is -2.00. The van der Waals surface area contributed by atoms with Crippen molar-refractivity contribution >= 4 is 11.8 Å². The van der Waals surface area contributed by atoms with E-state index in [0.29, 0.717) is 0 Å². The molecular weight excluding hydrogens is 136 g/mol. The first-order valence-electron chi connectivity index (χ1n) is 2.94. The lowest BCUT2D eigenvalue weighted by molar-refractivity contribution is -0.147. The van der Waals surface area contributed by atoms with Crippen molar-refractivity contribution in [3.63, 3.8) is 0 Å². The topological polar surface area (TPSA) is 52.6 Å². The molecule has 1 aliphatic rings. The number of ketones is 1. The van der Waals surface area contributed by atoms with Crippen LogP contribution in [-0.4, -0.2) is 32.1 Å². The lowest BCUT2D eigenvalue weighted by atomic mass is 10.1. The summed E-state index contributed by atoms with van der Waals surface area (Å²) < 4.78 is 9.11. The molecule has 0 aliphatic carbocycles. The van der Waals surface area contributed by atoms with E-state index in [1.165, 1.54) is 7.11 Å². The standard InChI is InChI=1S/C6H8O4/c1-9-6(8)4-2-10-3-5(4)7/h4H,2-3H2,1H3/t4-/m1/s1. The van der Waals surface area contributed by atoms with Gasteiger partial charge in [-0.05, 0) is 0 Å². The summed E-state index contributed by atoms with van der Waals surface area (Å²) in [5.41, 5.74) is 0. The molecule has 4 heteroatoms. The van der Waals surface area contributed by atoms with E-state index in [9.17, 15) is 9.59 Å². The van der Waals surface area contributed by atoms with Crippen molar-refractivity contribution in [2.24, 2.45) is 5.92 Å². The molecule has 1 saturated heterocycles. The van der Waals surface area contributed by atoms with Gasteiger partial charge < -0.3 is 9.47 Å². The third-order valence-corrected chi connectivity index (χ3v) is 1.40. The Hall–Kier alpha value is -0.900. The van der Waals surface area contributed by atoms with Crippen LogP contribution < -0.4 is 0 Å². The van der Waals surface area contributed by atoms with Gasteiger partial charge in [0.2, 0.25) is 0 Å². The zero-order valence-electron chi connectivity index (χ0n) is 5.62. The molecule has 1 heterocycles. The first kappa shape index (κ1) is 7.21. The lowest BCUT2D eigenvalue weighted by Crippen LogP contribution is -2.23. The molecule has 0 amide bonds. The first-order chi connectivity index (χ1) is 4.75. The fraction of sp³-hybridized carbons (Fsp3) is 0.667. The summed E-state index contributed by atoms with van der Waals surface area (Å²) >= 11 is 0. The van der Waals surface area contributed by atoms with Gasteiger partial charge in [0, 0.05) is 0 Å². The molecule has 0 spiro atoms. The molecule has 0 N–H and O–H groups in total. The van der Waals surface area contributed by atoms with E-state index in [1.807, 2.05) is 0 Å². The van der Waals surface area contributed by atoms with Gasteiger partial charge in [0.25, 0.3) is 0 Å². The van der Waals surface area contributed by atoms with E-state index in [1.54, 1.807) is 0 Å². The molecule has 1 rings (SSSR count). The maximum Gasteiger partial charge on any atom is 0.318 e. The van der Waals surface area contributed by atoms with Gasteiger partial charge in [-0.3, -0.25) is 9.59 Å². The number of rotatable bonds is 1. The van der Waals surface area contributed by atoms with Gasteiger partial charge in [0.05, 0.1) is 13.7 Å². The monoisotopic (exact) mass is 144 g/mol. The maximum atomic E-state index is 10.7. The number of ether oxygens (including phenoxy) is 2. The Balaban J connectivity index is 2.55. The minimum atomic E-state index is -0.676. The highest BCUT2D eigenvalue weighted by Crippen LogP contribution is 2.09. The summed E-state index contributed by atoms with van der Waals surface area (Å²) in [6, 6.07) is 0. The summed E-state index contributed by atoms with van der Waals surface area (Å²) in [6.07, 6.45) is 0. The number of carbonyl (C=O) groups excluding carboxylic acids is 2. The zero-order valence-corrected chi connectivity index (χ0v) is 5.62. The van der Waals surface area contributed by atoms with Gasteiger partial charge in [-0.2, -0.15) is 0 Å². The Morgan fingerprint density at radius 2 is 2.50 bits per heavy atom. The Labute approximate surface area is 58.1 Å². The van der Waals surface area contributed by atoms with Crippen molar-refractivity contribution in [1.82, 2.24) is 0 Å². The normalized spacial score (nSPS) is 24.9. The number of methoxy groups -OCH3 is 1. The summed E-state index contributed by atoms with van der Waals surface area (Å²) in [5, 5.41) is 0. The van der Waals surface area contributed by atoms with Crippen LogP contribution in [0.15, 0.2) is 0 Å². The minimum absolute atomic E-state index is 0.0414. The van der Waals surface area contributed by atoms with Crippen LogP contribution in [0.2, 0.25) is 0 Å². The van der Waals surface area contributed by atoms with Crippen molar-refractivity contribution in [2.45, 2.75) is 0 Å². The highest BCUT2D eigenvalue weighted by Gasteiger charge is 2.32. The van der Waals surface area contributed by atoms with E-state index in [2.05, 4.69) is 4.74 Å². The van der Waals surface area contributed by atoms with Gasteiger partial charge in [-0.15, -0.1) is 0 Å². The average molecular weight is 144 g/mol. The quantitative estimate of drug-likeness (QED) is 0.363. The van der Waals surface area contributed by atoms with Crippen LogP contribution >= 0.6 is 0 Å². The van der Waals surface area contributed by atoms with Crippen LogP contribution in [0.3, 0.4) is 0 Å². The largest absolute Gasteiger partial charge is 0.468 e. The summed E-state index contributed by atoms with van der Waals surface area (Å²) in [6.45, 7) is 0.214. The molecule has 1 fully saturated rings. The molecule has 0 aromatic rings.